The minimum atomic E-state index is -0.313. The molecule has 0 saturated carbocycles. The van der Waals surface area contributed by atoms with Crippen LogP contribution in [0.3, 0.4) is 0 Å². The highest BCUT2D eigenvalue weighted by molar-refractivity contribution is 7.71. The van der Waals surface area contributed by atoms with E-state index in [1.807, 2.05) is 9.25 Å². The lowest BCUT2D eigenvalue weighted by Gasteiger charge is -2.29. The summed E-state index contributed by atoms with van der Waals surface area (Å²) in [4.78, 5) is 14.8. The molecule has 1 saturated heterocycles. The van der Waals surface area contributed by atoms with Crippen molar-refractivity contribution < 1.29 is 19.0 Å². The molecule has 0 aliphatic carbocycles. The molecule has 0 atom stereocenters. The summed E-state index contributed by atoms with van der Waals surface area (Å²) in [7, 11) is 0. The fourth-order valence-corrected chi connectivity index (χ4v) is 3.45. The minimum absolute atomic E-state index is 0.0505. The Morgan fingerprint density at radius 3 is 2.59 bits per heavy atom. The molecule has 27 heavy (non-hydrogen) atoms. The lowest BCUT2D eigenvalue weighted by molar-refractivity contribution is -1.02. The number of nitrogens with zero attached hydrogens (tertiary/aromatic N) is 3. The van der Waals surface area contributed by atoms with Crippen LogP contribution in [0.2, 0.25) is 0 Å². The van der Waals surface area contributed by atoms with Crippen LogP contribution in [-0.2, 0) is 18.0 Å². The summed E-state index contributed by atoms with van der Waals surface area (Å²) < 4.78 is 17.4. The van der Waals surface area contributed by atoms with Crippen LogP contribution < -0.4 is 15.1 Å². The fraction of sp³-hybridized carbons (Fsp3) is 0.389. The van der Waals surface area contributed by atoms with Gasteiger partial charge in [-0.1, -0.05) is 6.08 Å². The first-order valence-corrected chi connectivity index (χ1v) is 9.41. The number of allylic oxidation sites excluding steroid dienone is 1. The Morgan fingerprint density at radius 1 is 1.26 bits per heavy atom. The number of carbonyl (C=O) groups is 1. The minimum Gasteiger partial charge on any atom is -0.321 e. The van der Waals surface area contributed by atoms with Gasteiger partial charge in [0, 0.05) is 12.2 Å². The molecule has 1 aromatic carbocycles. The number of hydrogen-bond donors (Lipinski definition) is 3. The maximum Gasteiger partial charge on any atom is 0.279 e. The van der Waals surface area contributed by atoms with E-state index in [4.69, 9.17) is 12.2 Å². The lowest BCUT2D eigenvalue weighted by Crippen LogP contribution is -3.28. The molecule has 1 fully saturated rings. The third-order valence-electron chi connectivity index (χ3n) is 4.70. The van der Waals surface area contributed by atoms with Gasteiger partial charge in [0.2, 0.25) is 4.77 Å². The van der Waals surface area contributed by atoms with Crippen LogP contribution in [-0.4, -0.2) is 53.0 Å². The molecule has 144 valence electrons. The van der Waals surface area contributed by atoms with E-state index in [2.05, 4.69) is 17.0 Å². The van der Waals surface area contributed by atoms with E-state index in [0.29, 0.717) is 23.5 Å². The van der Waals surface area contributed by atoms with Gasteiger partial charge >= 0.3 is 0 Å². The highest BCUT2D eigenvalue weighted by Gasteiger charge is 2.25. The summed E-state index contributed by atoms with van der Waals surface area (Å²) in [6.07, 6.45) is 3.54. The van der Waals surface area contributed by atoms with Gasteiger partial charge in [-0.2, -0.15) is 9.78 Å². The number of rotatable bonds is 7. The van der Waals surface area contributed by atoms with Crippen molar-refractivity contribution in [3.8, 4) is 0 Å². The van der Waals surface area contributed by atoms with E-state index < -0.39 is 0 Å². The lowest BCUT2D eigenvalue weighted by atomic mass is 10.3. The predicted octanol–water partition coefficient (Wildman–Crippen LogP) is -0.881. The largest absolute Gasteiger partial charge is 0.321 e. The van der Waals surface area contributed by atoms with E-state index in [9.17, 15) is 9.18 Å². The van der Waals surface area contributed by atoms with Crippen molar-refractivity contribution in [2.45, 2.75) is 13.2 Å². The van der Waals surface area contributed by atoms with Gasteiger partial charge in [-0.15, -0.1) is 6.58 Å². The third kappa shape index (κ3) is 5.31. The molecular formula is C18H25FN6OS+2. The van der Waals surface area contributed by atoms with Gasteiger partial charge in [0.25, 0.3) is 5.91 Å². The van der Waals surface area contributed by atoms with E-state index in [-0.39, 0.29) is 11.7 Å². The Bertz CT molecular complexity index is 838. The number of carbonyl (C=O) groups excluding carboxylic acids is 1. The Kier molecular flexibility index (Phi) is 6.49. The first-order valence-electron chi connectivity index (χ1n) is 9.01. The van der Waals surface area contributed by atoms with Crippen molar-refractivity contribution in [3.05, 3.63) is 53.8 Å². The van der Waals surface area contributed by atoms with Gasteiger partial charge in [-0.3, -0.25) is 4.79 Å². The van der Waals surface area contributed by atoms with Crippen LogP contribution in [0.5, 0.6) is 0 Å². The Hall–Kier alpha value is -2.36. The van der Waals surface area contributed by atoms with Gasteiger partial charge in [0.15, 0.2) is 13.2 Å². The molecule has 2 aromatic rings. The highest BCUT2D eigenvalue weighted by atomic mass is 32.1. The number of piperazine rings is 1. The molecule has 9 heteroatoms. The molecule has 1 amide bonds. The molecule has 2 heterocycles. The molecule has 3 N–H and O–H groups in total. The van der Waals surface area contributed by atoms with E-state index in [0.717, 1.165) is 32.8 Å². The van der Waals surface area contributed by atoms with Gasteiger partial charge in [-0.25, -0.2) is 4.39 Å². The third-order valence-corrected chi connectivity index (χ3v) is 5.14. The Morgan fingerprint density at radius 2 is 1.93 bits per heavy atom. The number of nitrogens with one attached hydrogen (secondary N) is 3. The quantitative estimate of drug-likeness (QED) is 0.424. The summed E-state index contributed by atoms with van der Waals surface area (Å²) in [5.74, 6) is -0.363. The number of quaternary nitrogens is 2. The second kappa shape index (κ2) is 9.03. The summed E-state index contributed by atoms with van der Waals surface area (Å²) in [6, 6.07) is 5.82. The van der Waals surface area contributed by atoms with Crippen LogP contribution in [0.1, 0.15) is 0 Å². The summed E-state index contributed by atoms with van der Waals surface area (Å²) in [5, 5.41) is 7.18. The predicted molar refractivity (Wildman–Crippen MR) is 103 cm³/mol. The van der Waals surface area contributed by atoms with Crippen LogP contribution >= 0.6 is 12.2 Å². The van der Waals surface area contributed by atoms with Crippen molar-refractivity contribution in [1.82, 2.24) is 14.3 Å². The topological polar surface area (TPSA) is 60.7 Å². The number of anilines is 1. The molecule has 0 unspecified atom stereocenters. The first kappa shape index (κ1) is 19.4. The SMILES string of the molecule is C=CCn1cnn(C[NH+]2CC[NH+](CC(=O)Nc3ccc(F)cc3)CC2)c1=S. The maximum absolute atomic E-state index is 12.9. The zero-order valence-electron chi connectivity index (χ0n) is 15.2. The van der Waals surface area contributed by atoms with E-state index in [1.165, 1.54) is 21.9 Å². The molecule has 1 aliphatic rings. The zero-order chi connectivity index (χ0) is 19.2. The number of amides is 1. The van der Waals surface area contributed by atoms with E-state index in [1.54, 1.807) is 24.5 Å². The summed E-state index contributed by atoms with van der Waals surface area (Å²) >= 11 is 5.43. The smallest absolute Gasteiger partial charge is 0.279 e. The molecule has 1 aliphatic heterocycles. The molecule has 3 rings (SSSR count). The van der Waals surface area contributed by atoms with E-state index >= 15 is 0 Å². The number of benzene rings is 1. The highest BCUT2D eigenvalue weighted by Crippen LogP contribution is 2.07. The van der Waals surface area contributed by atoms with Gasteiger partial charge in [0.1, 0.15) is 38.3 Å². The number of aromatic nitrogens is 3. The van der Waals surface area contributed by atoms with Crippen molar-refractivity contribution in [2.75, 3.05) is 38.0 Å². The molecule has 0 radical (unpaired) electrons. The van der Waals surface area contributed by atoms with Crippen molar-refractivity contribution in [1.29, 1.82) is 0 Å². The number of halogens is 1. The molecule has 7 nitrogen and oxygen atoms in total. The van der Waals surface area contributed by atoms with Gasteiger partial charge in [0.05, 0.1) is 0 Å². The second-order valence-electron chi connectivity index (χ2n) is 6.74. The van der Waals surface area contributed by atoms with Crippen LogP contribution in [0.4, 0.5) is 10.1 Å². The fourth-order valence-electron chi connectivity index (χ4n) is 3.21. The van der Waals surface area contributed by atoms with Crippen LogP contribution in [0, 0.1) is 10.6 Å². The normalized spacial score (nSPS) is 19.6. The van der Waals surface area contributed by atoms with Crippen LogP contribution in [0.25, 0.3) is 0 Å². The van der Waals surface area contributed by atoms with Gasteiger partial charge in [-0.05, 0) is 36.5 Å². The van der Waals surface area contributed by atoms with Crippen molar-refractivity contribution in [2.24, 2.45) is 0 Å². The molecule has 0 spiro atoms. The van der Waals surface area contributed by atoms with Crippen molar-refractivity contribution in [3.63, 3.8) is 0 Å². The Labute approximate surface area is 162 Å². The average Bonchev–Trinajstić information content (AvgIpc) is 2.99. The monoisotopic (exact) mass is 392 g/mol. The number of hydrogen-bond acceptors (Lipinski definition) is 3. The summed E-state index contributed by atoms with van der Waals surface area (Å²) in [5.41, 5.74) is 0.620. The molecular weight excluding hydrogens is 367 g/mol. The molecule has 1 aromatic heterocycles. The Balaban J connectivity index is 1.44. The average molecular weight is 393 g/mol. The van der Waals surface area contributed by atoms with Gasteiger partial charge < -0.3 is 19.7 Å². The standard InChI is InChI=1S/C18H23FN6OS/c1-2-7-24-13-20-25(18(24)27)14-23-10-8-22(9-11-23)12-17(26)21-16-5-3-15(19)4-6-16/h2-6,13H,1,7-12,14H2,(H,21,26)/p+2. The van der Waals surface area contributed by atoms with Crippen LogP contribution in [0.15, 0.2) is 43.2 Å². The maximum atomic E-state index is 12.9. The zero-order valence-corrected chi connectivity index (χ0v) is 16.0. The first-order chi connectivity index (χ1) is 13.0. The van der Waals surface area contributed by atoms with Crippen molar-refractivity contribution >= 4 is 23.8 Å². The second-order valence-corrected chi connectivity index (χ2v) is 7.11. The molecule has 0 bridgehead atoms. The summed E-state index contributed by atoms with van der Waals surface area (Å²) in [6.45, 7) is 9.26.